The molecule has 0 saturated carbocycles. The average Bonchev–Trinajstić information content (AvgIpc) is 2.39. The molecule has 1 aliphatic heterocycles. The molecule has 0 atom stereocenters. The fraction of sp³-hybridized carbons (Fsp3) is 0.500. The van der Waals surface area contributed by atoms with Crippen LogP contribution in [0.4, 0.5) is 0 Å². The highest BCUT2D eigenvalue weighted by atomic mass is 32.2. The van der Waals surface area contributed by atoms with Gasteiger partial charge in [-0.15, -0.1) is 0 Å². The second-order valence-electron chi connectivity index (χ2n) is 4.59. The fourth-order valence-electron chi connectivity index (χ4n) is 2.17. The Hall–Kier alpha value is -1.16. The summed E-state index contributed by atoms with van der Waals surface area (Å²) < 4.78 is 11.3. The summed E-state index contributed by atoms with van der Waals surface area (Å²) in [5.74, 6) is 1.30. The molecule has 1 aliphatic rings. The molecular formula is C14H19NO2S. The molecule has 1 fully saturated rings. The number of rotatable bonds is 3. The molecule has 2 rings (SSSR count). The van der Waals surface area contributed by atoms with Crippen LogP contribution in [-0.2, 0) is 17.2 Å². The summed E-state index contributed by atoms with van der Waals surface area (Å²) in [6, 6.07) is 7.86. The number of carbonyl (C=O) groups excluding carboxylic acids is 1. The van der Waals surface area contributed by atoms with E-state index in [1.807, 2.05) is 23.1 Å². The molecule has 1 saturated heterocycles. The Morgan fingerprint density at radius 3 is 2.72 bits per heavy atom. The summed E-state index contributed by atoms with van der Waals surface area (Å²) in [5.41, 5.74) is 1.97. The number of nitrogens with zero attached hydrogens (tertiary/aromatic N) is 1. The number of hydrogen-bond donors (Lipinski definition) is 0. The molecule has 0 aromatic heterocycles. The van der Waals surface area contributed by atoms with Crippen molar-refractivity contribution in [1.82, 2.24) is 4.90 Å². The van der Waals surface area contributed by atoms with Crippen molar-refractivity contribution in [2.24, 2.45) is 0 Å². The van der Waals surface area contributed by atoms with Gasteiger partial charge in [0.1, 0.15) is 0 Å². The number of hydrogen-bond acceptors (Lipinski definition) is 2. The van der Waals surface area contributed by atoms with Gasteiger partial charge in [-0.25, -0.2) is 0 Å². The molecule has 0 aliphatic carbocycles. The normalized spacial score (nSPS) is 16.8. The Morgan fingerprint density at radius 1 is 1.33 bits per heavy atom. The van der Waals surface area contributed by atoms with E-state index in [1.54, 1.807) is 0 Å². The molecule has 0 spiro atoms. The lowest BCUT2D eigenvalue weighted by Gasteiger charge is -2.26. The predicted octanol–water partition coefficient (Wildman–Crippen LogP) is 1.84. The van der Waals surface area contributed by atoms with Gasteiger partial charge in [0.2, 0.25) is 0 Å². The van der Waals surface area contributed by atoms with Gasteiger partial charge in [-0.05, 0) is 24.1 Å². The van der Waals surface area contributed by atoms with Gasteiger partial charge in [-0.2, -0.15) is 0 Å². The first-order chi connectivity index (χ1) is 8.70. The van der Waals surface area contributed by atoms with Gasteiger partial charge < -0.3 is 4.90 Å². The fourth-order valence-corrected chi connectivity index (χ4v) is 3.22. The standard InChI is InChI=1S/C14H19NO2S/c1-2-4-12-5-3-6-13(11-12)14(16)15-7-9-18(17)10-8-15/h3,5-6,11H,2,4,7-10H2,1H3. The first-order valence-corrected chi connectivity index (χ1v) is 7.92. The van der Waals surface area contributed by atoms with E-state index in [4.69, 9.17) is 0 Å². The Kier molecular flexibility index (Phi) is 4.53. The molecule has 1 heterocycles. The van der Waals surface area contributed by atoms with Crippen molar-refractivity contribution in [2.75, 3.05) is 24.6 Å². The SMILES string of the molecule is CCCc1cccc(C(=O)N2CCS(=O)CC2)c1. The smallest absolute Gasteiger partial charge is 0.253 e. The predicted molar refractivity (Wildman–Crippen MR) is 74.2 cm³/mol. The minimum absolute atomic E-state index is 0.0738. The molecule has 1 amide bonds. The van der Waals surface area contributed by atoms with Crippen LogP contribution in [0.15, 0.2) is 24.3 Å². The maximum atomic E-state index is 12.3. The van der Waals surface area contributed by atoms with E-state index in [0.29, 0.717) is 24.6 Å². The molecule has 18 heavy (non-hydrogen) atoms. The van der Waals surface area contributed by atoms with Gasteiger partial charge in [0.15, 0.2) is 0 Å². The molecule has 4 heteroatoms. The molecule has 3 nitrogen and oxygen atoms in total. The van der Waals surface area contributed by atoms with Crippen molar-refractivity contribution in [1.29, 1.82) is 0 Å². The van der Waals surface area contributed by atoms with Crippen molar-refractivity contribution >= 4 is 16.7 Å². The maximum absolute atomic E-state index is 12.3. The molecule has 0 unspecified atom stereocenters. The van der Waals surface area contributed by atoms with E-state index in [2.05, 4.69) is 13.0 Å². The molecule has 98 valence electrons. The van der Waals surface area contributed by atoms with E-state index in [-0.39, 0.29) is 5.91 Å². The van der Waals surface area contributed by atoms with Gasteiger partial charge in [0.05, 0.1) is 0 Å². The van der Waals surface area contributed by atoms with E-state index in [9.17, 15) is 9.00 Å². The first kappa shape index (κ1) is 13.3. The summed E-state index contributed by atoms with van der Waals surface area (Å²) in [6.07, 6.45) is 2.09. The number of amides is 1. The molecular weight excluding hydrogens is 246 g/mol. The van der Waals surface area contributed by atoms with Crippen LogP contribution < -0.4 is 0 Å². The van der Waals surface area contributed by atoms with Crippen molar-refractivity contribution in [3.8, 4) is 0 Å². The van der Waals surface area contributed by atoms with Crippen molar-refractivity contribution < 1.29 is 9.00 Å². The molecule has 1 aromatic carbocycles. The van der Waals surface area contributed by atoms with Gasteiger partial charge in [-0.3, -0.25) is 9.00 Å². The highest BCUT2D eigenvalue weighted by Crippen LogP contribution is 2.12. The highest BCUT2D eigenvalue weighted by Gasteiger charge is 2.21. The summed E-state index contributed by atoms with van der Waals surface area (Å²) in [4.78, 5) is 14.1. The third-order valence-electron chi connectivity index (χ3n) is 3.18. The maximum Gasteiger partial charge on any atom is 0.253 e. The zero-order chi connectivity index (χ0) is 13.0. The lowest BCUT2D eigenvalue weighted by Crippen LogP contribution is -2.41. The van der Waals surface area contributed by atoms with E-state index in [0.717, 1.165) is 18.4 Å². The number of carbonyl (C=O) groups is 1. The topological polar surface area (TPSA) is 37.4 Å². The summed E-state index contributed by atoms with van der Waals surface area (Å²) >= 11 is 0. The largest absolute Gasteiger partial charge is 0.337 e. The van der Waals surface area contributed by atoms with Crippen LogP contribution in [0.1, 0.15) is 29.3 Å². The van der Waals surface area contributed by atoms with Crippen LogP contribution in [0.5, 0.6) is 0 Å². The van der Waals surface area contributed by atoms with Crippen molar-refractivity contribution in [2.45, 2.75) is 19.8 Å². The van der Waals surface area contributed by atoms with Gasteiger partial charge in [-0.1, -0.05) is 25.5 Å². The van der Waals surface area contributed by atoms with Crippen LogP contribution in [0.25, 0.3) is 0 Å². The quantitative estimate of drug-likeness (QED) is 0.836. The minimum atomic E-state index is -0.735. The second kappa shape index (κ2) is 6.14. The lowest BCUT2D eigenvalue weighted by molar-refractivity contribution is 0.0771. The van der Waals surface area contributed by atoms with Crippen LogP contribution >= 0.6 is 0 Å². The average molecular weight is 265 g/mol. The van der Waals surface area contributed by atoms with Gasteiger partial charge >= 0.3 is 0 Å². The Labute approximate surface area is 111 Å². The zero-order valence-corrected chi connectivity index (χ0v) is 11.5. The van der Waals surface area contributed by atoms with Gasteiger partial charge in [0, 0.05) is 41.0 Å². The summed E-state index contributed by atoms with van der Waals surface area (Å²) in [5, 5.41) is 0. The number of benzene rings is 1. The molecule has 0 radical (unpaired) electrons. The van der Waals surface area contributed by atoms with Crippen molar-refractivity contribution in [3.63, 3.8) is 0 Å². The van der Waals surface area contributed by atoms with Crippen LogP contribution in [0.3, 0.4) is 0 Å². The third kappa shape index (κ3) is 3.19. The van der Waals surface area contributed by atoms with Crippen LogP contribution in [0.2, 0.25) is 0 Å². The summed E-state index contributed by atoms with van der Waals surface area (Å²) in [7, 11) is -0.735. The third-order valence-corrected chi connectivity index (χ3v) is 4.45. The van der Waals surface area contributed by atoms with Crippen molar-refractivity contribution in [3.05, 3.63) is 35.4 Å². The molecule has 0 bridgehead atoms. The number of aryl methyl sites for hydroxylation is 1. The summed E-state index contributed by atoms with van der Waals surface area (Å²) in [6.45, 7) is 3.36. The van der Waals surface area contributed by atoms with E-state index >= 15 is 0 Å². The highest BCUT2D eigenvalue weighted by molar-refractivity contribution is 7.85. The lowest BCUT2D eigenvalue weighted by atomic mass is 10.1. The Bertz CT molecular complexity index is 449. The Balaban J connectivity index is 2.08. The zero-order valence-electron chi connectivity index (χ0n) is 10.7. The molecule has 1 aromatic rings. The van der Waals surface area contributed by atoms with E-state index in [1.165, 1.54) is 5.56 Å². The second-order valence-corrected chi connectivity index (χ2v) is 6.29. The van der Waals surface area contributed by atoms with Crippen LogP contribution in [0, 0.1) is 0 Å². The Morgan fingerprint density at radius 2 is 2.06 bits per heavy atom. The molecule has 0 N–H and O–H groups in total. The monoisotopic (exact) mass is 265 g/mol. The van der Waals surface area contributed by atoms with Crippen LogP contribution in [-0.4, -0.2) is 39.6 Å². The minimum Gasteiger partial charge on any atom is -0.337 e. The van der Waals surface area contributed by atoms with Gasteiger partial charge in [0.25, 0.3) is 5.91 Å². The van der Waals surface area contributed by atoms with E-state index < -0.39 is 10.8 Å². The first-order valence-electron chi connectivity index (χ1n) is 6.44.